The van der Waals surface area contributed by atoms with Crippen LogP contribution in [0.2, 0.25) is 0 Å². The van der Waals surface area contributed by atoms with Gasteiger partial charge < -0.3 is 4.74 Å². The second-order valence-corrected chi connectivity index (χ2v) is 3.50. The Morgan fingerprint density at radius 1 is 1.19 bits per heavy atom. The monoisotopic (exact) mass is 214 g/mol. The van der Waals surface area contributed by atoms with Gasteiger partial charge in [-0.3, -0.25) is 0 Å². The largest absolute Gasteiger partial charge is 0.386 e. The SMILES string of the molecule is CC(=CC1=CC(=O)OC1=O)c1ccccc1. The van der Waals surface area contributed by atoms with Crippen molar-refractivity contribution in [3.8, 4) is 0 Å². The molecule has 1 aromatic carbocycles. The summed E-state index contributed by atoms with van der Waals surface area (Å²) in [6, 6.07) is 9.63. The number of allylic oxidation sites excluding steroid dienone is 1. The minimum atomic E-state index is -0.600. The van der Waals surface area contributed by atoms with Crippen LogP contribution in [0.1, 0.15) is 12.5 Å². The van der Waals surface area contributed by atoms with E-state index in [0.29, 0.717) is 5.57 Å². The molecule has 1 aromatic rings. The molecule has 0 atom stereocenters. The Hall–Kier alpha value is -2.16. The highest BCUT2D eigenvalue weighted by molar-refractivity contribution is 6.11. The number of hydrogen-bond donors (Lipinski definition) is 0. The number of esters is 2. The number of carbonyl (C=O) groups is 2. The average molecular weight is 214 g/mol. The lowest BCUT2D eigenvalue weighted by molar-refractivity contribution is -0.150. The lowest BCUT2D eigenvalue weighted by Gasteiger charge is -2.00. The first kappa shape index (κ1) is 10.4. The summed E-state index contributed by atoms with van der Waals surface area (Å²) < 4.78 is 4.40. The minimum Gasteiger partial charge on any atom is -0.386 e. The molecule has 0 fully saturated rings. The number of cyclic esters (lactones) is 2. The van der Waals surface area contributed by atoms with Crippen molar-refractivity contribution in [1.82, 2.24) is 0 Å². The third-order valence-electron chi connectivity index (χ3n) is 2.30. The van der Waals surface area contributed by atoms with Gasteiger partial charge in [0.15, 0.2) is 0 Å². The van der Waals surface area contributed by atoms with E-state index in [1.165, 1.54) is 6.08 Å². The molecule has 3 heteroatoms. The molecule has 2 rings (SSSR count). The summed E-state index contributed by atoms with van der Waals surface area (Å²) >= 11 is 0. The summed E-state index contributed by atoms with van der Waals surface area (Å²) in [5.41, 5.74) is 2.22. The van der Waals surface area contributed by atoms with Crippen LogP contribution in [-0.2, 0) is 14.3 Å². The fourth-order valence-corrected chi connectivity index (χ4v) is 1.48. The Labute approximate surface area is 93.0 Å². The lowest BCUT2D eigenvalue weighted by Crippen LogP contribution is -2.00. The van der Waals surface area contributed by atoms with Gasteiger partial charge in [0.2, 0.25) is 0 Å². The van der Waals surface area contributed by atoms with E-state index in [0.717, 1.165) is 11.1 Å². The fourth-order valence-electron chi connectivity index (χ4n) is 1.48. The molecule has 0 saturated heterocycles. The Kier molecular flexibility index (Phi) is 2.68. The topological polar surface area (TPSA) is 43.4 Å². The van der Waals surface area contributed by atoms with Crippen molar-refractivity contribution in [2.24, 2.45) is 0 Å². The van der Waals surface area contributed by atoms with Crippen molar-refractivity contribution in [3.05, 3.63) is 53.6 Å². The standard InChI is InChI=1S/C13H10O3/c1-9(10-5-3-2-4-6-10)7-11-8-12(14)16-13(11)15/h2-8H,1H3. The van der Waals surface area contributed by atoms with Crippen molar-refractivity contribution < 1.29 is 14.3 Å². The first-order chi connectivity index (χ1) is 7.66. The molecule has 0 saturated carbocycles. The van der Waals surface area contributed by atoms with E-state index in [4.69, 9.17) is 0 Å². The summed E-state index contributed by atoms with van der Waals surface area (Å²) in [6.45, 7) is 1.88. The highest BCUT2D eigenvalue weighted by atomic mass is 16.6. The molecule has 1 aliphatic heterocycles. The van der Waals surface area contributed by atoms with Gasteiger partial charge in [0.25, 0.3) is 0 Å². The van der Waals surface area contributed by atoms with Gasteiger partial charge in [-0.25, -0.2) is 9.59 Å². The molecule has 0 aliphatic carbocycles. The van der Waals surface area contributed by atoms with Gasteiger partial charge >= 0.3 is 11.9 Å². The maximum Gasteiger partial charge on any atom is 0.346 e. The predicted octanol–water partition coefficient (Wildman–Crippen LogP) is 2.10. The first-order valence-corrected chi connectivity index (χ1v) is 4.88. The van der Waals surface area contributed by atoms with E-state index in [1.807, 2.05) is 37.3 Å². The highest BCUT2D eigenvalue weighted by Gasteiger charge is 2.21. The van der Waals surface area contributed by atoms with Crippen LogP contribution in [0.15, 0.2) is 48.1 Å². The van der Waals surface area contributed by atoms with Crippen molar-refractivity contribution in [3.63, 3.8) is 0 Å². The molecule has 0 N–H and O–H groups in total. The zero-order valence-electron chi connectivity index (χ0n) is 8.77. The summed E-state index contributed by atoms with van der Waals surface area (Å²) in [5, 5.41) is 0. The van der Waals surface area contributed by atoms with Gasteiger partial charge in [0, 0.05) is 6.08 Å². The molecule has 0 spiro atoms. The molecular weight excluding hydrogens is 204 g/mol. The van der Waals surface area contributed by atoms with Crippen molar-refractivity contribution in [1.29, 1.82) is 0 Å². The van der Waals surface area contributed by atoms with E-state index in [9.17, 15) is 9.59 Å². The Bertz CT molecular complexity index is 495. The molecule has 1 heterocycles. The summed E-state index contributed by atoms with van der Waals surface area (Å²) in [6.07, 6.45) is 2.86. The van der Waals surface area contributed by atoms with Crippen molar-refractivity contribution in [2.45, 2.75) is 6.92 Å². The molecular formula is C13H10O3. The van der Waals surface area contributed by atoms with E-state index in [1.54, 1.807) is 6.08 Å². The van der Waals surface area contributed by atoms with Crippen LogP contribution in [0.25, 0.3) is 5.57 Å². The van der Waals surface area contributed by atoms with Crippen LogP contribution in [0.4, 0.5) is 0 Å². The molecule has 3 nitrogen and oxygen atoms in total. The van der Waals surface area contributed by atoms with Gasteiger partial charge in [-0.1, -0.05) is 30.3 Å². The smallest absolute Gasteiger partial charge is 0.346 e. The molecule has 1 aliphatic rings. The molecule has 0 aromatic heterocycles. The van der Waals surface area contributed by atoms with Gasteiger partial charge in [-0.15, -0.1) is 0 Å². The quantitative estimate of drug-likeness (QED) is 0.559. The number of benzene rings is 1. The van der Waals surface area contributed by atoms with Crippen LogP contribution in [0.3, 0.4) is 0 Å². The Morgan fingerprint density at radius 2 is 1.88 bits per heavy atom. The lowest BCUT2D eigenvalue weighted by atomic mass is 10.1. The van der Waals surface area contributed by atoms with Crippen molar-refractivity contribution >= 4 is 17.5 Å². The van der Waals surface area contributed by atoms with E-state index < -0.39 is 11.9 Å². The van der Waals surface area contributed by atoms with Gasteiger partial charge in [0.05, 0.1) is 5.57 Å². The number of carbonyl (C=O) groups excluding carboxylic acids is 2. The maximum atomic E-state index is 11.2. The number of hydrogen-bond acceptors (Lipinski definition) is 3. The summed E-state index contributed by atoms with van der Waals surface area (Å²) in [4.78, 5) is 22.0. The van der Waals surface area contributed by atoms with Gasteiger partial charge in [0.1, 0.15) is 0 Å². The molecule has 0 amide bonds. The second kappa shape index (κ2) is 4.14. The average Bonchev–Trinajstić information content (AvgIpc) is 2.59. The molecule has 0 radical (unpaired) electrons. The van der Waals surface area contributed by atoms with E-state index in [2.05, 4.69) is 4.74 Å². The predicted molar refractivity (Wildman–Crippen MR) is 59.3 cm³/mol. The third kappa shape index (κ3) is 2.08. The summed E-state index contributed by atoms with van der Waals surface area (Å²) in [7, 11) is 0. The first-order valence-electron chi connectivity index (χ1n) is 4.88. The third-order valence-corrected chi connectivity index (χ3v) is 2.30. The molecule has 80 valence electrons. The van der Waals surface area contributed by atoms with Gasteiger partial charge in [-0.2, -0.15) is 0 Å². The normalized spacial score (nSPS) is 16.1. The van der Waals surface area contributed by atoms with Crippen molar-refractivity contribution in [2.75, 3.05) is 0 Å². The highest BCUT2D eigenvalue weighted by Crippen LogP contribution is 2.18. The summed E-state index contributed by atoms with van der Waals surface area (Å²) in [5.74, 6) is -1.18. The molecule has 0 bridgehead atoms. The van der Waals surface area contributed by atoms with E-state index >= 15 is 0 Å². The van der Waals surface area contributed by atoms with Crippen LogP contribution < -0.4 is 0 Å². The fraction of sp³-hybridized carbons (Fsp3) is 0.0769. The Morgan fingerprint density at radius 3 is 2.44 bits per heavy atom. The molecule has 16 heavy (non-hydrogen) atoms. The van der Waals surface area contributed by atoms with Gasteiger partial charge in [-0.05, 0) is 24.1 Å². The van der Waals surface area contributed by atoms with Crippen LogP contribution >= 0.6 is 0 Å². The minimum absolute atomic E-state index is 0.298. The maximum absolute atomic E-state index is 11.2. The zero-order chi connectivity index (χ0) is 11.5. The van der Waals surface area contributed by atoms with Crippen LogP contribution in [-0.4, -0.2) is 11.9 Å². The Balaban J connectivity index is 2.29. The van der Waals surface area contributed by atoms with Crippen LogP contribution in [0.5, 0.6) is 0 Å². The number of ether oxygens (including phenoxy) is 1. The van der Waals surface area contributed by atoms with E-state index in [-0.39, 0.29) is 0 Å². The number of rotatable bonds is 2. The zero-order valence-corrected chi connectivity index (χ0v) is 8.77. The molecule has 0 unspecified atom stereocenters. The second-order valence-electron chi connectivity index (χ2n) is 3.50. The van der Waals surface area contributed by atoms with Crippen LogP contribution in [0, 0.1) is 0 Å².